The van der Waals surface area contributed by atoms with Gasteiger partial charge in [-0.25, -0.2) is 9.97 Å². The molecule has 0 aliphatic rings. The monoisotopic (exact) mass is 282 g/mol. The molecule has 0 N–H and O–H groups in total. The Hall–Kier alpha value is -2.16. The van der Waals surface area contributed by atoms with Crippen molar-refractivity contribution in [1.29, 1.82) is 0 Å². The number of aryl methyl sites for hydroxylation is 1. The van der Waals surface area contributed by atoms with Gasteiger partial charge in [0.1, 0.15) is 12.4 Å². The summed E-state index contributed by atoms with van der Waals surface area (Å²) in [4.78, 5) is 8.90. The zero-order valence-corrected chi connectivity index (χ0v) is 12.6. The van der Waals surface area contributed by atoms with Crippen LogP contribution in [0.2, 0.25) is 0 Å². The summed E-state index contributed by atoms with van der Waals surface area (Å²) in [5.41, 5.74) is 2.21. The molecule has 0 aliphatic carbocycles. The van der Waals surface area contributed by atoms with Gasteiger partial charge >= 0.3 is 0 Å². The van der Waals surface area contributed by atoms with Gasteiger partial charge < -0.3 is 4.74 Å². The van der Waals surface area contributed by atoms with Crippen LogP contribution in [0, 0.1) is 0 Å². The third-order valence-electron chi connectivity index (χ3n) is 3.25. The molecule has 2 aromatic rings. The standard InChI is InChI=1S/C18H22N2O/c1-3-5-6-7-15-13-19-18(20-14-15)16-8-10-17(11-9-16)21-12-4-2/h4,8-11,13-14H,2-3,5-7,12H2,1H3. The summed E-state index contributed by atoms with van der Waals surface area (Å²) in [7, 11) is 0. The lowest BCUT2D eigenvalue weighted by atomic mass is 10.1. The first-order chi connectivity index (χ1) is 10.3. The second-order valence-electron chi connectivity index (χ2n) is 5.00. The van der Waals surface area contributed by atoms with Crippen LogP contribution in [0.3, 0.4) is 0 Å². The van der Waals surface area contributed by atoms with E-state index in [-0.39, 0.29) is 0 Å². The van der Waals surface area contributed by atoms with Crippen LogP contribution in [-0.2, 0) is 6.42 Å². The molecule has 3 nitrogen and oxygen atoms in total. The van der Waals surface area contributed by atoms with Crippen molar-refractivity contribution < 1.29 is 4.74 Å². The Kier molecular flexibility index (Phi) is 5.95. The number of nitrogens with zero attached hydrogens (tertiary/aromatic N) is 2. The van der Waals surface area contributed by atoms with Gasteiger partial charge in [0.25, 0.3) is 0 Å². The Morgan fingerprint density at radius 1 is 1.10 bits per heavy atom. The molecule has 3 heteroatoms. The maximum absolute atomic E-state index is 5.46. The van der Waals surface area contributed by atoms with Crippen molar-refractivity contribution in [2.45, 2.75) is 32.6 Å². The van der Waals surface area contributed by atoms with Gasteiger partial charge in [-0.2, -0.15) is 0 Å². The van der Waals surface area contributed by atoms with Gasteiger partial charge in [0.2, 0.25) is 0 Å². The van der Waals surface area contributed by atoms with Crippen molar-refractivity contribution in [3.63, 3.8) is 0 Å². The fourth-order valence-corrected chi connectivity index (χ4v) is 2.07. The molecular weight excluding hydrogens is 260 g/mol. The number of aromatic nitrogens is 2. The predicted octanol–water partition coefficient (Wildman–Crippen LogP) is 4.44. The molecule has 0 radical (unpaired) electrons. The lowest BCUT2D eigenvalue weighted by Gasteiger charge is -2.05. The quantitative estimate of drug-likeness (QED) is 0.530. The topological polar surface area (TPSA) is 35.0 Å². The highest BCUT2D eigenvalue weighted by Crippen LogP contribution is 2.19. The van der Waals surface area contributed by atoms with E-state index < -0.39 is 0 Å². The van der Waals surface area contributed by atoms with Crippen molar-refractivity contribution in [1.82, 2.24) is 9.97 Å². The Bertz CT molecular complexity index is 546. The van der Waals surface area contributed by atoms with Crippen molar-refractivity contribution in [2.24, 2.45) is 0 Å². The third kappa shape index (κ3) is 4.71. The molecule has 0 aliphatic heterocycles. The van der Waals surface area contributed by atoms with Crippen molar-refractivity contribution >= 4 is 0 Å². The number of hydrogen-bond acceptors (Lipinski definition) is 3. The minimum Gasteiger partial charge on any atom is -0.490 e. The summed E-state index contributed by atoms with van der Waals surface area (Å²) in [5, 5.41) is 0. The fourth-order valence-electron chi connectivity index (χ4n) is 2.07. The van der Waals surface area contributed by atoms with Gasteiger partial charge in [-0.3, -0.25) is 0 Å². The summed E-state index contributed by atoms with van der Waals surface area (Å²) in [6, 6.07) is 7.81. The van der Waals surface area contributed by atoms with Gasteiger partial charge in [-0.1, -0.05) is 32.4 Å². The Morgan fingerprint density at radius 2 is 1.81 bits per heavy atom. The summed E-state index contributed by atoms with van der Waals surface area (Å²) in [6.45, 7) is 6.36. The minimum absolute atomic E-state index is 0.516. The molecule has 0 saturated carbocycles. The van der Waals surface area contributed by atoms with Gasteiger partial charge in [0, 0.05) is 18.0 Å². The van der Waals surface area contributed by atoms with Crippen molar-refractivity contribution in [3.05, 3.63) is 54.9 Å². The molecule has 2 rings (SSSR count). The first-order valence-corrected chi connectivity index (χ1v) is 7.48. The summed E-state index contributed by atoms with van der Waals surface area (Å²) in [5.74, 6) is 1.58. The van der Waals surface area contributed by atoms with Crippen LogP contribution in [0.15, 0.2) is 49.3 Å². The average Bonchev–Trinajstić information content (AvgIpc) is 2.54. The van der Waals surface area contributed by atoms with Crippen LogP contribution in [-0.4, -0.2) is 16.6 Å². The summed E-state index contributed by atoms with van der Waals surface area (Å²) in [6.07, 6.45) is 10.3. The largest absolute Gasteiger partial charge is 0.490 e. The summed E-state index contributed by atoms with van der Waals surface area (Å²) < 4.78 is 5.46. The van der Waals surface area contributed by atoms with E-state index in [0.29, 0.717) is 6.61 Å². The zero-order chi connectivity index (χ0) is 14.9. The summed E-state index contributed by atoms with van der Waals surface area (Å²) >= 11 is 0. The zero-order valence-electron chi connectivity index (χ0n) is 12.6. The second kappa shape index (κ2) is 8.20. The molecule has 1 aromatic heterocycles. The first kappa shape index (κ1) is 15.2. The molecule has 1 heterocycles. The van der Waals surface area contributed by atoms with E-state index in [1.165, 1.54) is 24.8 Å². The van der Waals surface area contributed by atoms with Crippen LogP contribution in [0.4, 0.5) is 0 Å². The van der Waals surface area contributed by atoms with Crippen LogP contribution >= 0.6 is 0 Å². The molecule has 0 spiro atoms. The molecule has 0 unspecified atom stereocenters. The van der Waals surface area contributed by atoms with E-state index in [0.717, 1.165) is 23.6 Å². The number of benzene rings is 1. The number of unbranched alkanes of at least 4 members (excludes halogenated alkanes) is 2. The number of ether oxygens (including phenoxy) is 1. The van der Waals surface area contributed by atoms with E-state index in [1.54, 1.807) is 6.08 Å². The van der Waals surface area contributed by atoms with Crippen LogP contribution in [0.5, 0.6) is 5.75 Å². The van der Waals surface area contributed by atoms with E-state index in [1.807, 2.05) is 36.7 Å². The normalized spacial score (nSPS) is 10.3. The Labute approximate surface area is 126 Å². The van der Waals surface area contributed by atoms with E-state index in [4.69, 9.17) is 4.74 Å². The highest BCUT2D eigenvalue weighted by atomic mass is 16.5. The maximum Gasteiger partial charge on any atom is 0.159 e. The first-order valence-electron chi connectivity index (χ1n) is 7.48. The molecule has 1 aromatic carbocycles. The van der Waals surface area contributed by atoms with Crippen molar-refractivity contribution in [2.75, 3.05) is 6.61 Å². The Morgan fingerprint density at radius 3 is 2.43 bits per heavy atom. The van der Waals surface area contributed by atoms with Gasteiger partial charge in [0.05, 0.1) is 0 Å². The highest BCUT2D eigenvalue weighted by molar-refractivity contribution is 5.55. The molecule has 110 valence electrons. The van der Waals surface area contributed by atoms with Gasteiger partial charge in [-0.15, -0.1) is 0 Å². The minimum atomic E-state index is 0.516. The molecule has 0 saturated heterocycles. The lowest BCUT2D eigenvalue weighted by molar-refractivity contribution is 0.363. The molecular formula is C18H22N2O. The fraction of sp³-hybridized carbons (Fsp3) is 0.333. The number of hydrogen-bond donors (Lipinski definition) is 0. The third-order valence-corrected chi connectivity index (χ3v) is 3.25. The van der Waals surface area contributed by atoms with Gasteiger partial charge in [-0.05, 0) is 42.7 Å². The van der Waals surface area contributed by atoms with Crippen LogP contribution < -0.4 is 4.74 Å². The van der Waals surface area contributed by atoms with Crippen LogP contribution in [0.1, 0.15) is 31.7 Å². The maximum atomic E-state index is 5.46. The van der Waals surface area contributed by atoms with E-state index >= 15 is 0 Å². The Balaban J connectivity index is 1.99. The number of rotatable bonds is 8. The molecule has 0 bridgehead atoms. The van der Waals surface area contributed by atoms with Crippen molar-refractivity contribution in [3.8, 4) is 17.1 Å². The molecule has 0 fully saturated rings. The van der Waals surface area contributed by atoms with Gasteiger partial charge in [0.15, 0.2) is 5.82 Å². The SMILES string of the molecule is C=CCOc1ccc(-c2ncc(CCCCC)cn2)cc1. The predicted molar refractivity (Wildman–Crippen MR) is 86.4 cm³/mol. The van der Waals surface area contributed by atoms with E-state index in [2.05, 4.69) is 23.5 Å². The second-order valence-corrected chi connectivity index (χ2v) is 5.00. The highest BCUT2D eigenvalue weighted by Gasteiger charge is 2.02. The molecule has 21 heavy (non-hydrogen) atoms. The smallest absolute Gasteiger partial charge is 0.159 e. The molecule has 0 amide bonds. The van der Waals surface area contributed by atoms with E-state index in [9.17, 15) is 0 Å². The van der Waals surface area contributed by atoms with Crippen LogP contribution in [0.25, 0.3) is 11.4 Å². The average molecular weight is 282 g/mol. The molecule has 0 atom stereocenters. The lowest BCUT2D eigenvalue weighted by Crippen LogP contribution is -1.94.